The molecular weight excluding hydrogens is 192 g/mol. The summed E-state index contributed by atoms with van der Waals surface area (Å²) in [7, 11) is 3.79. The number of imidazole rings is 1. The lowest BCUT2D eigenvalue weighted by molar-refractivity contribution is 0.592. The highest BCUT2D eigenvalue weighted by Gasteiger charge is 2.16. The molecule has 6 nitrogen and oxygen atoms in total. The largest absolute Gasteiger partial charge is 0.340 e. The molecule has 0 saturated heterocycles. The number of aromatic nitrogens is 4. The Morgan fingerprint density at radius 2 is 2.20 bits per heavy atom. The van der Waals surface area contributed by atoms with Crippen LogP contribution in [0.15, 0.2) is 24.8 Å². The van der Waals surface area contributed by atoms with E-state index in [1.165, 1.54) is 0 Å². The van der Waals surface area contributed by atoms with Crippen molar-refractivity contribution in [1.82, 2.24) is 24.8 Å². The fraction of sp³-hybridized carbons (Fsp3) is 0.333. The van der Waals surface area contributed by atoms with Gasteiger partial charge in [0.1, 0.15) is 6.04 Å². The van der Waals surface area contributed by atoms with Gasteiger partial charge >= 0.3 is 0 Å². The van der Waals surface area contributed by atoms with Crippen LogP contribution in [0.25, 0.3) is 0 Å². The van der Waals surface area contributed by atoms with Gasteiger partial charge in [-0.05, 0) is 6.07 Å². The molecule has 0 aromatic carbocycles. The van der Waals surface area contributed by atoms with Gasteiger partial charge in [0.25, 0.3) is 0 Å². The van der Waals surface area contributed by atoms with Crippen LogP contribution in [0.5, 0.6) is 0 Å². The van der Waals surface area contributed by atoms with Gasteiger partial charge in [0.2, 0.25) is 0 Å². The first-order chi connectivity index (χ1) is 7.20. The van der Waals surface area contributed by atoms with Gasteiger partial charge in [-0.2, -0.15) is 5.10 Å². The van der Waals surface area contributed by atoms with Crippen molar-refractivity contribution in [2.24, 2.45) is 19.9 Å². The zero-order valence-electron chi connectivity index (χ0n) is 8.75. The molecule has 0 bridgehead atoms. The summed E-state index contributed by atoms with van der Waals surface area (Å²) in [5.74, 6) is 5.51. The van der Waals surface area contributed by atoms with Gasteiger partial charge in [0.15, 0.2) is 0 Å². The van der Waals surface area contributed by atoms with E-state index >= 15 is 0 Å². The quantitative estimate of drug-likeness (QED) is 0.534. The minimum absolute atomic E-state index is 0.160. The monoisotopic (exact) mass is 206 g/mol. The third kappa shape index (κ3) is 1.90. The normalized spacial score (nSPS) is 13.0. The smallest absolute Gasteiger partial charge is 0.109 e. The average molecular weight is 206 g/mol. The van der Waals surface area contributed by atoms with Gasteiger partial charge in [-0.15, -0.1) is 0 Å². The van der Waals surface area contributed by atoms with E-state index in [4.69, 9.17) is 5.84 Å². The van der Waals surface area contributed by atoms with E-state index in [2.05, 4.69) is 15.5 Å². The van der Waals surface area contributed by atoms with Crippen LogP contribution in [-0.4, -0.2) is 19.3 Å². The average Bonchev–Trinajstić information content (AvgIpc) is 2.78. The third-order valence-corrected chi connectivity index (χ3v) is 2.22. The predicted molar refractivity (Wildman–Crippen MR) is 55.6 cm³/mol. The molecule has 0 fully saturated rings. The van der Waals surface area contributed by atoms with Crippen LogP contribution in [0.1, 0.15) is 17.4 Å². The number of nitrogens with zero attached hydrogens (tertiary/aromatic N) is 4. The summed E-state index contributed by atoms with van der Waals surface area (Å²) in [5, 5.41) is 4.29. The molecule has 0 aliphatic rings. The second-order valence-corrected chi connectivity index (χ2v) is 3.48. The molecule has 2 aromatic rings. The Bertz CT molecular complexity index is 403. The number of rotatable bonds is 3. The van der Waals surface area contributed by atoms with E-state index in [0.717, 1.165) is 11.4 Å². The van der Waals surface area contributed by atoms with Crippen molar-refractivity contribution in [3.63, 3.8) is 0 Å². The van der Waals surface area contributed by atoms with Gasteiger partial charge in [-0.25, -0.2) is 10.4 Å². The van der Waals surface area contributed by atoms with E-state index in [-0.39, 0.29) is 6.04 Å². The fourth-order valence-corrected chi connectivity index (χ4v) is 1.49. The topological polar surface area (TPSA) is 73.7 Å². The van der Waals surface area contributed by atoms with E-state index in [9.17, 15) is 0 Å². The molecule has 2 heterocycles. The highest BCUT2D eigenvalue weighted by Crippen LogP contribution is 2.16. The first-order valence-electron chi connectivity index (χ1n) is 4.64. The summed E-state index contributed by atoms with van der Waals surface area (Å²) < 4.78 is 3.62. The molecule has 1 unspecified atom stereocenters. The van der Waals surface area contributed by atoms with Gasteiger partial charge in [-0.1, -0.05) is 0 Å². The van der Waals surface area contributed by atoms with Gasteiger partial charge in [-0.3, -0.25) is 10.5 Å². The molecule has 3 N–H and O–H groups in total. The van der Waals surface area contributed by atoms with Crippen molar-refractivity contribution < 1.29 is 0 Å². The molecule has 6 heteroatoms. The van der Waals surface area contributed by atoms with Gasteiger partial charge in [0, 0.05) is 26.5 Å². The molecule has 0 saturated carbocycles. The Morgan fingerprint density at radius 1 is 1.40 bits per heavy atom. The number of nitrogens with two attached hydrogens (primary N) is 1. The van der Waals surface area contributed by atoms with Crippen LogP contribution in [-0.2, 0) is 14.1 Å². The van der Waals surface area contributed by atoms with Crippen LogP contribution >= 0.6 is 0 Å². The number of aryl methyl sites for hydroxylation is 2. The maximum Gasteiger partial charge on any atom is 0.109 e. The molecule has 0 radical (unpaired) electrons. The van der Waals surface area contributed by atoms with Gasteiger partial charge in [0.05, 0.1) is 17.7 Å². The minimum Gasteiger partial charge on any atom is -0.340 e. The molecule has 15 heavy (non-hydrogen) atoms. The SMILES string of the molecule is Cn1cnc(C(NN)c2ccn(C)n2)c1. The lowest BCUT2D eigenvalue weighted by atomic mass is 10.2. The van der Waals surface area contributed by atoms with Gasteiger partial charge < -0.3 is 4.57 Å². The number of hydrogen-bond acceptors (Lipinski definition) is 4. The van der Waals surface area contributed by atoms with E-state index in [1.54, 1.807) is 11.0 Å². The summed E-state index contributed by atoms with van der Waals surface area (Å²) >= 11 is 0. The first-order valence-corrected chi connectivity index (χ1v) is 4.64. The van der Waals surface area contributed by atoms with Crippen molar-refractivity contribution in [1.29, 1.82) is 0 Å². The second kappa shape index (κ2) is 3.84. The predicted octanol–water partition coefficient (Wildman–Crippen LogP) is -0.294. The standard InChI is InChI=1S/C9H14N6/c1-14-5-8(11-6-14)9(12-10)7-3-4-15(2)13-7/h3-6,9,12H,10H2,1-2H3. The molecule has 1 atom stereocenters. The molecule has 2 rings (SSSR count). The zero-order valence-corrected chi connectivity index (χ0v) is 8.75. The van der Waals surface area contributed by atoms with Crippen LogP contribution in [0, 0.1) is 0 Å². The summed E-state index contributed by atoms with van der Waals surface area (Å²) in [4.78, 5) is 4.24. The number of hydrogen-bond donors (Lipinski definition) is 2. The lowest BCUT2D eigenvalue weighted by Gasteiger charge is -2.09. The minimum atomic E-state index is -0.160. The highest BCUT2D eigenvalue weighted by molar-refractivity contribution is 5.18. The summed E-state index contributed by atoms with van der Waals surface area (Å²) in [6.45, 7) is 0. The van der Waals surface area contributed by atoms with E-state index in [0.29, 0.717) is 0 Å². The lowest BCUT2D eigenvalue weighted by Crippen LogP contribution is -2.29. The van der Waals surface area contributed by atoms with E-state index < -0.39 is 0 Å². The summed E-state index contributed by atoms with van der Waals surface area (Å²) in [6, 6.07) is 1.76. The fourth-order valence-electron chi connectivity index (χ4n) is 1.49. The maximum absolute atomic E-state index is 5.51. The van der Waals surface area contributed by atoms with Crippen LogP contribution in [0.4, 0.5) is 0 Å². The summed E-state index contributed by atoms with van der Waals surface area (Å²) in [5.41, 5.74) is 4.43. The van der Waals surface area contributed by atoms with Crippen LogP contribution in [0.3, 0.4) is 0 Å². The molecule has 0 aliphatic heterocycles. The highest BCUT2D eigenvalue weighted by atomic mass is 15.3. The Kier molecular flexibility index (Phi) is 2.53. The molecule has 0 aliphatic carbocycles. The Labute approximate surface area is 87.7 Å². The molecule has 80 valence electrons. The number of nitrogens with one attached hydrogen (secondary N) is 1. The Morgan fingerprint density at radius 3 is 2.67 bits per heavy atom. The van der Waals surface area contributed by atoms with Crippen molar-refractivity contribution in [2.45, 2.75) is 6.04 Å². The van der Waals surface area contributed by atoms with Crippen LogP contribution < -0.4 is 11.3 Å². The number of hydrazine groups is 1. The first kappa shape index (κ1) is 9.88. The van der Waals surface area contributed by atoms with E-state index in [1.807, 2.05) is 37.1 Å². The Balaban J connectivity index is 2.32. The molecule has 0 spiro atoms. The van der Waals surface area contributed by atoms with Crippen molar-refractivity contribution >= 4 is 0 Å². The van der Waals surface area contributed by atoms with Crippen molar-refractivity contribution in [3.8, 4) is 0 Å². The van der Waals surface area contributed by atoms with Crippen molar-refractivity contribution in [3.05, 3.63) is 36.2 Å². The van der Waals surface area contributed by atoms with Crippen LogP contribution in [0.2, 0.25) is 0 Å². The third-order valence-electron chi connectivity index (χ3n) is 2.22. The molecular formula is C9H14N6. The zero-order chi connectivity index (χ0) is 10.8. The van der Waals surface area contributed by atoms with Crippen molar-refractivity contribution in [2.75, 3.05) is 0 Å². The molecule has 0 amide bonds. The summed E-state index contributed by atoms with van der Waals surface area (Å²) in [6.07, 6.45) is 5.53. The molecule has 2 aromatic heterocycles. The second-order valence-electron chi connectivity index (χ2n) is 3.48. The maximum atomic E-state index is 5.51. The Hall–Kier alpha value is -1.66.